The molecular formula is C29H24BrNO6S. The van der Waals surface area contributed by atoms with E-state index in [0.29, 0.717) is 28.9 Å². The number of likely N-dealkylation sites (tertiary alicyclic amines) is 1. The Labute approximate surface area is 231 Å². The normalized spacial score (nSPS) is 26.6. The van der Waals surface area contributed by atoms with Crippen molar-refractivity contribution in [2.24, 2.45) is 17.8 Å². The number of hydrogen-bond donors (Lipinski definition) is 1. The summed E-state index contributed by atoms with van der Waals surface area (Å²) in [6.45, 7) is 0.142. The van der Waals surface area contributed by atoms with Crippen LogP contribution in [0.15, 0.2) is 75.1 Å². The number of halogens is 1. The van der Waals surface area contributed by atoms with E-state index in [9.17, 15) is 24.3 Å². The first-order chi connectivity index (χ1) is 18.4. The number of carbonyl (C=O) groups is 4. The Bertz CT molecular complexity index is 1450. The molecular weight excluding hydrogens is 570 g/mol. The lowest BCUT2D eigenvalue weighted by Gasteiger charge is -2.42. The molecule has 1 aromatic carbocycles. The molecule has 6 rings (SSSR count). The van der Waals surface area contributed by atoms with Crippen LogP contribution in [0.3, 0.4) is 0 Å². The molecule has 1 aliphatic heterocycles. The van der Waals surface area contributed by atoms with Crippen LogP contribution in [-0.2, 0) is 25.7 Å². The number of nitrogens with zero attached hydrogens (tertiary/aromatic N) is 1. The number of rotatable bonds is 6. The van der Waals surface area contributed by atoms with Gasteiger partial charge in [0.05, 0.1) is 29.5 Å². The van der Waals surface area contributed by atoms with Gasteiger partial charge < -0.3 is 9.84 Å². The number of ketones is 2. The summed E-state index contributed by atoms with van der Waals surface area (Å²) in [4.78, 5) is 56.2. The molecule has 4 aliphatic rings. The average Bonchev–Trinajstić information content (AvgIpc) is 3.52. The predicted molar refractivity (Wildman–Crippen MR) is 143 cm³/mol. The van der Waals surface area contributed by atoms with E-state index >= 15 is 0 Å². The van der Waals surface area contributed by atoms with E-state index in [1.54, 1.807) is 6.07 Å². The first-order valence-electron chi connectivity index (χ1n) is 12.5. The van der Waals surface area contributed by atoms with E-state index in [0.717, 1.165) is 10.5 Å². The minimum atomic E-state index is -0.600. The molecule has 38 heavy (non-hydrogen) atoms. The third kappa shape index (κ3) is 3.95. The summed E-state index contributed by atoms with van der Waals surface area (Å²) in [5.41, 5.74) is 2.34. The molecule has 3 aliphatic carbocycles. The van der Waals surface area contributed by atoms with Gasteiger partial charge in [0.1, 0.15) is 12.4 Å². The van der Waals surface area contributed by atoms with Crippen molar-refractivity contribution in [3.63, 3.8) is 0 Å². The zero-order valence-corrected chi connectivity index (χ0v) is 22.7. The van der Waals surface area contributed by atoms with Crippen LogP contribution in [0.4, 0.5) is 0 Å². The van der Waals surface area contributed by atoms with Crippen LogP contribution in [0.1, 0.15) is 29.2 Å². The second kappa shape index (κ2) is 9.87. The highest BCUT2D eigenvalue weighted by Gasteiger charge is 2.56. The summed E-state index contributed by atoms with van der Waals surface area (Å²) in [6, 6.07) is 11.1. The Morgan fingerprint density at radius 3 is 2.63 bits per heavy atom. The number of allylic oxidation sites excluding steroid dienone is 6. The van der Waals surface area contributed by atoms with Crippen molar-refractivity contribution < 1.29 is 29.0 Å². The van der Waals surface area contributed by atoms with Gasteiger partial charge in [-0.05, 0) is 52.2 Å². The number of thiophene rings is 1. The number of Topliss-reactive ketones (excluding diaryl/α,β-unsaturated/α-hetero) is 1. The predicted octanol–water partition coefficient (Wildman–Crippen LogP) is 4.08. The molecule has 0 saturated carbocycles. The van der Waals surface area contributed by atoms with Crippen LogP contribution in [0, 0.1) is 17.8 Å². The number of imide groups is 1. The monoisotopic (exact) mass is 593 g/mol. The number of amides is 2. The first kappa shape index (κ1) is 25.2. The third-order valence-electron chi connectivity index (χ3n) is 7.90. The molecule has 0 spiro atoms. The highest BCUT2D eigenvalue weighted by atomic mass is 79.9. The molecule has 2 heterocycles. The third-order valence-corrected chi connectivity index (χ3v) is 9.35. The Morgan fingerprint density at radius 2 is 1.87 bits per heavy atom. The number of aliphatic hydroxyl groups excluding tert-OH is 1. The number of hydrogen-bond acceptors (Lipinski definition) is 7. The number of benzene rings is 1. The molecule has 1 fully saturated rings. The first-order valence-corrected chi connectivity index (χ1v) is 14.2. The van der Waals surface area contributed by atoms with Gasteiger partial charge in [-0.15, -0.1) is 11.3 Å². The van der Waals surface area contributed by atoms with Gasteiger partial charge in [0.2, 0.25) is 11.8 Å². The Balaban J connectivity index is 1.46. The van der Waals surface area contributed by atoms with Crippen molar-refractivity contribution in [3.8, 4) is 5.75 Å². The van der Waals surface area contributed by atoms with Crippen LogP contribution < -0.4 is 4.74 Å². The summed E-state index contributed by atoms with van der Waals surface area (Å²) in [5, 5.41) is 11.3. The fourth-order valence-electron chi connectivity index (χ4n) is 6.35. The van der Waals surface area contributed by atoms with Gasteiger partial charge in [-0.2, -0.15) is 0 Å². The second-order valence-electron chi connectivity index (χ2n) is 9.85. The highest BCUT2D eigenvalue weighted by molar-refractivity contribution is 9.12. The quantitative estimate of drug-likeness (QED) is 0.308. The molecule has 194 valence electrons. The van der Waals surface area contributed by atoms with E-state index in [1.165, 1.54) is 22.3 Å². The Kier molecular flexibility index (Phi) is 6.53. The van der Waals surface area contributed by atoms with Crippen LogP contribution in [0.25, 0.3) is 0 Å². The minimum Gasteiger partial charge on any atom is -0.491 e. The van der Waals surface area contributed by atoms with Gasteiger partial charge in [-0.25, -0.2) is 0 Å². The smallest absolute Gasteiger partial charge is 0.234 e. The van der Waals surface area contributed by atoms with Crippen molar-refractivity contribution in [2.75, 3.05) is 13.2 Å². The van der Waals surface area contributed by atoms with E-state index in [1.807, 2.05) is 41.8 Å². The number of aliphatic hydroxyl groups is 1. The number of ether oxygens (including phenoxy) is 1. The van der Waals surface area contributed by atoms with E-state index < -0.39 is 23.7 Å². The summed E-state index contributed by atoms with van der Waals surface area (Å²) < 4.78 is 6.03. The summed E-state index contributed by atoms with van der Waals surface area (Å²) in [6.07, 6.45) is 3.92. The minimum absolute atomic E-state index is 0.0752. The molecule has 2 amide bonds. The Morgan fingerprint density at radius 1 is 1.05 bits per heavy atom. The number of carbonyl (C=O) groups excluding carboxylic acids is 4. The molecule has 2 aromatic rings. The summed E-state index contributed by atoms with van der Waals surface area (Å²) >= 11 is 4.75. The Hall–Kier alpha value is -3.14. The van der Waals surface area contributed by atoms with Gasteiger partial charge >= 0.3 is 0 Å². The molecule has 7 nitrogen and oxygen atoms in total. The number of para-hydroxylation sites is 1. The number of fused-ring (bicyclic) bond motifs is 3. The van der Waals surface area contributed by atoms with E-state index in [4.69, 9.17) is 4.74 Å². The summed E-state index contributed by atoms with van der Waals surface area (Å²) in [5.74, 6) is -2.52. The van der Waals surface area contributed by atoms with Crippen molar-refractivity contribution >= 4 is 50.6 Å². The fraction of sp³-hybridized carbons (Fsp3) is 0.310. The maximum absolute atomic E-state index is 13.8. The zero-order chi connectivity index (χ0) is 26.6. The highest BCUT2D eigenvalue weighted by Crippen LogP contribution is 2.56. The van der Waals surface area contributed by atoms with E-state index in [2.05, 4.69) is 15.9 Å². The fourth-order valence-corrected chi connectivity index (χ4v) is 7.49. The van der Waals surface area contributed by atoms with Gasteiger partial charge in [0.15, 0.2) is 11.6 Å². The lowest BCUT2D eigenvalue weighted by molar-refractivity contribution is -0.140. The van der Waals surface area contributed by atoms with E-state index in [-0.39, 0.29) is 54.0 Å². The largest absolute Gasteiger partial charge is 0.491 e. The van der Waals surface area contributed by atoms with Crippen LogP contribution in [-0.4, -0.2) is 46.6 Å². The molecule has 4 atom stereocenters. The van der Waals surface area contributed by atoms with Gasteiger partial charge in [0, 0.05) is 33.6 Å². The maximum Gasteiger partial charge on any atom is 0.234 e. The molecule has 1 aromatic heterocycles. The van der Waals surface area contributed by atoms with Crippen LogP contribution in [0.5, 0.6) is 5.75 Å². The van der Waals surface area contributed by atoms with Gasteiger partial charge in [0.25, 0.3) is 0 Å². The molecule has 9 heteroatoms. The standard InChI is InChI=1S/C29H24BrNO6S/c30-21-13-22(33)26-20(27(21)34)12-19-16(24(26)17-5-1-2-6-23(17)37-10-9-32)7-8-18-25(19)29(36)31(28(18)35)14-15-4-3-11-38-15/h1-7,11,13,18-19,24-25,32H,8-10,12,14H2/t18-,19+,24+,25-/m0/s1. The zero-order valence-electron chi connectivity index (χ0n) is 20.3. The van der Waals surface area contributed by atoms with Crippen LogP contribution >= 0.6 is 27.3 Å². The average molecular weight is 594 g/mol. The maximum atomic E-state index is 13.8. The van der Waals surface area contributed by atoms with Crippen molar-refractivity contribution in [3.05, 3.63) is 85.6 Å². The van der Waals surface area contributed by atoms with Gasteiger partial charge in [-0.1, -0.05) is 35.9 Å². The molecule has 0 radical (unpaired) electrons. The molecule has 1 N–H and O–H groups in total. The lowest BCUT2D eigenvalue weighted by Crippen LogP contribution is -2.39. The van der Waals surface area contributed by atoms with Crippen LogP contribution in [0.2, 0.25) is 0 Å². The van der Waals surface area contributed by atoms with Crippen molar-refractivity contribution in [1.29, 1.82) is 0 Å². The molecule has 0 bridgehead atoms. The molecule has 0 unspecified atom stereocenters. The lowest BCUT2D eigenvalue weighted by atomic mass is 9.59. The van der Waals surface area contributed by atoms with Crippen molar-refractivity contribution in [1.82, 2.24) is 4.90 Å². The van der Waals surface area contributed by atoms with Crippen molar-refractivity contribution in [2.45, 2.75) is 25.3 Å². The molecule has 1 saturated heterocycles. The SMILES string of the molecule is O=C1C=C(Br)C(=O)C2=C1[C@@H](c1ccccc1OCCO)C1=CC[C@@H]3C(=O)N(Cc4cccs4)C(=O)[C@@H]3[C@@H]1C2. The second-order valence-corrected chi connectivity index (χ2v) is 11.7. The summed E-state index contributed by atoms with van der Waals surface area (Å²) in [7, 11) is 0. The topological polar surface area (TPSA) is 101 Å². The van der Waals surface area contributed by atoms with Gasteiger partial charge in [-0.3, -0.25) is 24.1 Å².